The third-order valence-corrected chi connectivity index (χ3v) is 4.55. The number of nitrogens with zero attached hydrogens (tertiary/aromatic N) is 5. The van der Waals surface area contributed by atoms with Crippen molar-refractivity contribution in [2.24, 2.45) is 5.92 Å². The SMILES string of the molecule is CC(C)COc1ccc(-c2nnn(CC(=O)N3CCCC[C@@H]3C)n2)cc1. The van der Waals surface area contributed by atoms with Gasteiger partial charge in [0.1, 0.15) is 12.3 Å². The van der Waals surface area contributed by atoms with Gasteiger partial charge >= 0.3 is 0 Å². The van der Waals surface area contributed by atoms with Gasteiger partial charge in [-0.3, -0.25) is 4.79 Å². The van der Waals surface area contributed by atoms with E-state index in [1.165, 1.54) is 11.2 Å². The average Bonchev–Trinajstić information content (AvgIpc) is 3.09. The maximum atomic E-state index is 12.5. The molecule has 1 amide bonds. The lowest BCUT2D eigenvalue weighted by atomic mass is 10.0. The Morgan fingerprint density at radius 2 is 2.04 bits per heavy atom. The van der Waals surface area contributed by atoms with Gasteiger partial charge in [0.05, 0.1) is 6.61 Å². The Morgan fingerprint density at radius 3 is 2.73 bits per heavy atom. The van der Waals surface area contributed by atoms with E-state index in [-0.39, 0.29) is 18.5 Å². The minimum atomic E-state index is 0.0542. The first-order valence-electron chi connectivity index (χ1n) is 9.33. The van der Waals surface area contributed by atoms with Crippen LogP contribution in [0.15, 0.2) is 24.3 Å². The molecule has 26 heavy (non-hydrogen) atoms. The lowest BCUT2D eigenvalue weighted by molar-refractivity contribution is -0.135. The van der Waals surface area contributed by atoms with Crippen LogP contribution in [0.1, 0.15) is 40.0 Å². The number of benzene rings is 1. The normalized spacial score (nSPS) is 17.5. The molecule has 1 aromatic heterocycles. The molecule has 2 aromatic rings. The van der Waals surface area contributed by atoms with Gasteiger partial charge < -0.3 is 9.64 Å². The molecule has 1 atom stereocenters. The van der Waals surface area contributed by atoms with Gasteiger partial charge in [-0.2, -0.15) is 4.80 Å². The lowest BCUT2D eigenvalue weighted by Crippen LogP contribution is -2.43. The Kier molecular flexibility index (Phi) is 5.85. The predicted octanol–water partition coefficient (Wildman–Crippen LogP) is 2.78. The number of hydrogen-bond acceptors (Lipinski definition) is 5. The molecule has 0 N–H and O–H groups in total. The predicted molar refractivity (Wildman–Crippen MR) is 98.6 cm³/mol. The molecule has 140 valence electrons. The summed E-state index contributed by atoms with van der Waals surface area (Å²) in [5.74, 6) is 1.87. The molecule has 3 rings (SSSR count). The van der Waals surface area contributed by atoms with Crippen molar-refractivity contribution in [3.05, 3.63) is 24.3 Å². The van der Waals surface area contributed by atoms with Gasteiger partial charge in [0.2, 0.25) is 11.7 Å². The van der Waals surface area contributed by atoms with Crippen molar-refractivity contribution in [2.75, 3.05) is 13.2 Å². The van der Waals surface area contributed by atoms with Gasteiger partial charge in [-0.25, -0.2) is 0 Å². The molecule has 2 heterocycles. The zero-order valence-electron chi connectivity index (χ0n) is 15.8. The van der Waals surface area contributed by atoms with Gasteiger partial charge in [0.15, 0.2) is 0 Å². The van der Waals surface area contributed by atoms with Gasteiger partial charge in [0.25, 0.3) is 0 Å². The lowest BCUT2D eigenvalue weighted by Gasteiger charge is -2.33. The van der Waals surface area contributed by atoms with Gasteiger partial charge in [-0.05, 0) is 61.6 Å². The summed E-state index contributed by atoms with van der Waals surface area (Å²) in [6.07, 6.45) is 3.32. The summed E-state index contributed by atoms with van der Waals surface area (Å²) in [4.78, 5) is 15.8. The molecule has 1 saturated heterocycles. The van der Waals surface area contributed by atoms with Crippen molar-refractivity contribution in [3.8, 4) is 17.1 Å². The molecule has 1 fully saturated rings. The van der Waals surface area contributed by atoms with Crippen LogP contribution in [-0.4, -0.2) is 50.2 Å². The summed E-state index contributed by atoms with van der Waals surface area (Å²) >= 11 is 0. The number of amides is 1. The van der Waals surface area contributed by atoms with E-state index in [4.69, 9.17) is 4.74 Å². The fourth-order valence-corrected chi connectivity index (χ4v) is 3.07. The number of carbonyl (C=O) groups is 1. The van der Waals surface area contributed by atoms with E-state index in [1.54, 1.807) is 0 Å². The van der Waals surface area contributed by atoms with Gasteiger partial charge in [-0.1, -0.05) is 13.8 Å². The maximum absolute atomic E-state index is 12.5. The molecule has 0 saturated carbocycles. The molecule has 0 spiro atoms. The van der Waals surface area contributed by atoms with Crippen molar-refractivity contribution in [1.29, 1.82) is 0 Å². The second-order valence-electron chi connectivity index (χ2n) is 7.30. The molecule has 1 aliphatic rings. The zero-order chi connectivity index (χ0) is 18.5. The molecule has 1 aliphatic heterocycles. The van der Waals surface area contributed by atoms with E-state index in [0.29, 0.717) is 18.3 Å². The number of tetrazole rings is 1. The van der Waals surface area contributed by atoms with Crippen LogP contribution in [0.5, 0.6) is 5.75 Å². The number of rotatable bonds is 6. The Hall–Kier alpha value is -2.44. The van der Waals surface area contributed by atoms with Crippen LogP contribution < -0.4 is 4.74 Å². The van der Waals surface area contributed by atoms with Crippen LogP contribution in [0.25, 0.3) is 11.4 Å². The Balaban J connectivity index is 1.61. The van der Waals surface area contributed by atoms with Crippen molar-refractivity contribution in [2.45, 2.75) is 52.6 Å². The van der Waals surface area contributed by atoms with Crippen molar-refractivity contribution in [1.82, 2.24) is 25.1 Å². The van der Waals surface area contributed by atoms with Crippen LogP contribution in [0.2, 0.25) is 0 Å². The largest absolute Gasteiger partial charge is 0.493 e. The molecule has 0 radical (unpaired) electrons. The highest BCUT2D eigenvalue weighted by atomic mass is 16.5. The Morgan fingerprint density at radius 1 is 1.27 bits per heavy atom. The van der Waals surface area contributed by atoms with E-state index in [0.717, 1.165) is 30.7 Å². The maximum Gasteiger partial charge on any atom is 0.246 e. The third-order valence-electron chi connectivity index (χ3n) is 4.55. The molecular formula is C19H27N5O2. The molecule has 7 heteroatoms. The summed E-state index contributed by atoms with van der Waals surface area (Å²) in [6, 6.07) is 7.91. The average molecular weight is 357 g/mol. The van der Waals surface area contributed by atoms with Gasteiger partial charge in [-0.15, -0.1) is 10.2 Å². The van der Waals surface area contributed by atoms with E-state index in [1.807, 2.05) is 29.2 Å². The standard InChI is InChI=1S/C19H27N5O2/c1-14(2)13-26-17-9-7-16(8-10-17)19-20-22-24(21-19)12-18(25)23-11-5-4-6-15(23)3/h7-10,14-15H,4-6,11-13H2,1-3H3/t15-/m0/s1. The van der Waals surface area contributed by atoms with Crippen molar-refractivity contribution < 1.29 is 9.53 Å². The van der Waals surface area contributed by atoms with Crippen LogP contribution in [0.3, 0.4) is 0 Å². The number of hydrogen-bond donors (Lipinski definition) is 0. The van der Waals surface area contributed by atoms with E-state index >= 15 is 0 Å². The third kappa shape index (κ3) is 4.59. The first-order valence-corrected chi connectivity index (χ1v) is 9.33. The number of ether oxygens (including phenoxy) is 1. The molecule has 1 aromatic carbocycles. The van der Waals surface area contributed by atoms with E-state index < -0.39 is 0 Å². The monoisotopic (exact) mass is 357 g/mol. The summed E-state index contributed by atoms with van der Waals surface area (Å²) in [5.41, 5.74) is 0.854. The quantitative estimate of drug-likeness (QED) is 0.795. The van der Waals surface area contributed by atoms with Crippen LogP contribution in [-0.2, 0) is 11.3 Å². The first-order chi connectivity index (χ1) is 12.5. The molecule has 0 aliphatic carbocycles. The number of carbonyl (C=O) groups excluding carboxylic acids is 1. The van der Waals surface area contributed by atoms with Crippen LogP contribution in [0, 0.1) is 5.92 Å². The van der Waals surface area contributed by atoms with Crippen molar-refractivity contribution in [3.63, 3.8) is 0 Å². The topological polar surface area (TPSA) is 73.1 Å². The highest BCUT2D eigenvalue weighted by molar-refractivity contribution is 5.76. The summed E-state index contributed by atoms with van der Waals surface area (Å²) < 4.78 is 5.68. The Bertz CT molecular complexity index is 726. The first kappa shape index (κ1) is 18.4. The van der Waals surface area contributed by atoms with Crippen molar-refractivity contribution >= 4 is 5.91 Å². The second kappa shape index (κ2) is 8.29. The Labute approximate surface area is 154 Å². The summed E-state index contributed by atoms with van der Waals surface area (Å²) in [5, 5.41) is 12.5. The molecule has 0 bridgehead atoms. The van der Waals surface area contributed by atoms with E-state index in [2.05, 4.69) is 36.2 Å². The summed E-state index contributed by atoms with van der Waals surface area (Å²) in [6.45, 7) is 7.96. The number of piperidine rings is 1. The number of aromatic nitrogens is 4. The minimum absolute atomic E-state index is 0.0542. The fourth-order valence-electron chi connectivity index (χ4n) is 3.07. The summed E-state index contributed by atoms with van der Waals surface area (Å²) in [7, 11) is 0. The smallest absolute Gasteiger partial charge is 0.246 e. The minimum Gasteiger partial charge on any atom is -0.493 e. The highest BCUT2D eigenvalue weighted by Crippen LogP contribution is 2.20. The number of likely N-dealkylation sites (tertiary alicyclic amines) is 1. The molecule has 0 unspecified atom stereocenters. The fraction of sp³-hybridized carbons (Fsp3) is 0.579. The zero-order valence-corrected chi connectivity index (χ0v) is 15.8. The van der Waals surface area contributed by atoms with Crippen LogP contribution >= 0.6 is 0 Å². The van der Waals surface area contributed by atoms with Crippen LogP contribution in [0.4, 0.5) is 0 Å². The van der Waals surface area contributed by atoms with E-state index in [9.17, 15) is 4.79 Å². The highest BCUT2D eigenvalue weighted by Gasteiger charge is 2.24. The molecular weight excluding hydrogens is 330 g/mol. The molecule has 7 nitrogen and oxygen atoms in total. The second-order valence-corrected chi connectivity index (χ2v) is 7.30. The van der Waals surface area contributed by atoms with Gasteiger partial charge in [0, 0.05) is 18.2 Å².